The van der Waals surface area contributed by atoms with E-state index >= 15 is 0 Å². The zero-order chi connectivity index (χ0) is 21.8. The molecule has 0 saturated heterocycles. The Kier molecular flexibility index (Phi) is 13.5. The summed E-state index contributed by atoms with van der Waals surface area (Å²) < 4.78 is 9.78. The number of hydrogen-bond acceptors (Lipinski definition) is 5. The van der Waals surface area contributed by atoms with Crippen molar-refractivity contribution >= 4 is 35.0 Å². The van der Waals surface area contributed by atoms with Gasteiger partial charge in [0.25, 0.3) is 0 Å². The van der Waals surface area contributed by atoms with E-state index in [-0.39, 0.29) is 42.3 Å². The molecule has 0 N–H and O–H groups in total. The fraction of sp³-hybridized carbons (Fsp3) is 0.391. The predicted molar refractivity (Wildman–Crippen MR) is 115 cm³/mol. The van der Waals surface area contributed by atoms with Crippen LogP contribution in [0.25, 0.3) is 0 Å². The Morgan fingerprint density at radius 1 is 1.00 bits per heavy atom. The van der Waals surface area contributed by atoms with E-state index in [1.54, 1.807) is 17.0 Å². The van der Waals surface area contributed by atoms with Crippen molar-refractivity contribution in [2.45, 2.75) is 32.1 Å². The number of carbonyl (C=O) groups is 2. The van der Waals surface area contributed by atoms with Gasteiger partial charge in [0.05, 0.1) is 30.6 Å². The molecule has 2 aromatic rings. The standard InChI is InChI=1S/C20H22ClNO2.C3H6O3.Na/c21-17-11-13-19(14-12-17)22(18-9-5-2-6-10-18)20(23)24-15-16-7-3-1-4-8-16;1-6-2-3(4)5;/h2,5-6,9-14,16H,1,3-4,7-8,15H2;2H2,1H3,(H,4,5);/q;;+1/p-1. The van der Waals surface area contributed by atoms with E-state index in [2.05, 4.69) is 4.74 Å². The smallest absolute Gasteiger partial charge is 0.548 e. The minimum Gasteiger partial charge on any atom is -0.548 e. The number of methoxy groups -OCH3 is 1. The van der Waals surface area contributed by atoms with Gasteiger partial charge in [-0.25, -0.2) is 9.69 Å². The second-order valence-electron chi connectivity index (χ2n) is 7.03. The molecule has 1 fully saturated rings. The van der Waals surface area contributed by atoms with Crippen LogP contribution >= 0.6 is 11.6 Å². The summed E-state index contributed by atoms with van der Waals surface area (Å²) in [6.45, 7) is 0.176. The number of anilines is 2. The Morgan fingerprint density at radius 2 is 1.58 bits per heavy atom. The molecule has 6 nitrogen and oxygen atoms in total. The fourth-order valence-electron chi connectivity index (χ4n) is 3.25. The van der Waals surface area contributed by atoms with Crippen LogP contribution in [0.1, 0.15) is 32.1 Å². The first kappa shape index (κ1) is 27.5. The molecule has 0 radical (unpaired) electrons. The molecule has 0 aliphatic heterocycles. The van der Waals surface area contributed by atoms with E-state index < -0.39 is 5.97 Å². The first-order valence-electron chi connectivity index (χ1n) is 9.97. The summed E-state index contributed by atoms with van der Waals surface area (Å²) in [6, 6.07) is 16.8. The fourth-order valence-corrected chi connectivity index (χ4v) is 3.38. The molecule has 1 amide bonds. The second-order valence-corrected chi connectivity index (χ2v) is 7.47. The number of nitrogens with zero attached hydrogens (tertiary/aromatic N) is 1. The summed E-state index contributed by atoms with van der Waals surface area (Å²) >= 11 is 5.97. The van der Waals surface area contributed by atoms with E-state index in [9.17, 15) is 14.7 Å². The van der Waals surface area contributed by atoms with Crippen molar-refractivity contribution < 1.29 is 53.7 Å². The van der Waals surface area contributed by atoms with Crippen LogP contribution in [-0.2, 0) is 14.3 Å². The third-order valence-electron chi connectivity index (χ3n) is 4.71. The van der Waals surface area contributed by atoms with Gasteiger partial charge in [-0.15, -0.1) is 0 Å². The molecule has 3 rings (SSSR count). The van der Waals surface area contributed by atoms with E-state index in [0.29, 0.717) is 17.5 Å². The van der Waals surface area contributed by atoms with Gasteiger partial charge >= 0.3 is 35.7 Å². The Morgan fingerprint density at radius 3 is 2.10 bits per heavy atom. The van der Waals surface area contributed by atoms with Crippen molar-refractivity contribution in [3.8, 4) is 0 Å². The average molecular weight is 456 g/mol. The first-order valence-corrected chi connectivity index (χ1v) is 10.4. The molecule has 0 heterocycles. The third kappa shape index (κ3) is 10.1. The number of carboxylic acids is 1. The van der Waals surface area contributed by atoms with Gasteiger partial charge in [-0.3, -0.25) is 0 Å². The molecule has 2 aromatic carbocycles. The van der Waals surface area contributed by atoms with E-state index in [1.165, 1.54) is 26.4 Å². The van der Waals surface area contributed by atoms with Gasteiger partial charge in [0.1, 0.15) is 0 Å². The molecule has 0 bridgehead atoms. The maximum Gasteiger partial charge on any atom is 1.00 e. The van der Waals surface area contributed by atoms with Gasteiger partial charge in [-0.1, -0.05) is 49.1 Å². The van der Waals surface area contributed by atoms with Crippen LogP contribution in [0, 0.1) is 5.92 Å². The van der Waals surface area contributed by atoms with Gasteiger partial charge in [0.15, 0.2) is 0 Å². The predicted octanol–water partition coefficient (Wildman–Crippen LogP) is 1.58. The van der Waals surface area contributed by atoms with Crippen LogP contribution in [0.2, 0.25) is 5.02 Å². The van der Waals surface area contributed by atoms with Crippen LogP contribution in [0.4, 0.5) is 16.2 Å². The maximum absolute atomic E-state index is 12.7. The van der Waals surface area contributed by atoms with E-state index in [0.717, 1.165) is 24.2 Å². The minimum atomic E-state index is -1.18. The summed E-state index contributed by atoms with van der Waals surface area (Å²) in [5.41, 5.74) is 1.53. The number of aliphatic carboxylic acids is 1. The van der Waals surface area contributed by atoms with E-state index in [1.807, 2.05) is 42.5 Å². The van der Waals surface area contributed by atoms with Gasteiger partial charge in [-0.2, -0.15) is 0 Å². The van der Waals surface area contributed by atoms with E-state index in [4.69, 9.17) is 16.3 Å². The summed E-state index contributed by atoms with van der Waals surface area (Å²) in [5, 5.41) is 10.0. The van der Waals surface area contributed by atoms with Crippen molar-refractivity contribution in [1.29, 1.82) is 0 Å². The number of hydrogen-bond donors (Lipinski definition) is 0. The first-order chi connectivity index (χ1) is 14.5. The number of rotatable bonds is 6. The number of amides is 1. The van der Waals surface area contributed by atoms with Crippen molar-refractivity contribution in [2.75, 3.05) is 25.2 Å². The van der Waals surface area contributed by atoms with Crippen molar-refractivity contribution in [3.63, 3.8) is 0 Å². The minimum absolute atomic E-state index is 0. The Labute approximate surface area is 210 Å². The van der Waals surface area contributed by atoms with Crippen molar-refractivity contribution in [2.24, 2.45) is 5.92 Å². The quantitative estimate of drug-likeness (QED) is 0.618. The Hall–Kier alpha value is -1.57. The van der Waals surface area contributed by atoms with Crippen LogP contribution < -0.4 is 39.6 Å². The van der Waals surface area contributed by atoms with Crippen LogP contribution in [0.5, 0.6) is 0 Å². The van der Waals surface area contributed by atoms with Crippen LogP contribution in [0.3, 0.4) is 0 Å². The molecule has 0 aromatic heterocycles. The van der Waals surface area contributed by atoms with Gasteiger partial charge in [0.2, 0.25) is 0 Å². The number of carbonyl (C=O) groups excluding carboxylic acids is 2. The zero-order valence-corrected chi connectivity index (χ0v) is 20.8. The zero-order valence-electron chi connectivity index (χ0n) is 18.1. The Balaban J connectivity index is 0.000000607. The number of benzene rings is 2. The normalized spacial score (nSPS) is 13.2. The number of para-hydroxylation sites is 1. The third-order valence-corrected chi connectivity index (χ3v) is 4.96. The number of carboxylic acid groups (broad SMARTS) is 1. The second kappa shape index (κ2) is 15.3. The van der Waals surface area contributed by atoms with Crippen LogP contribution in [-0.4, -0.2) is 32.4 Å². The van der Waals surface area contributed by atoms with Gasteiger partial charge in [0, 0.05) is 12.1 Å². The molecular weight excluding hydrogens is 429 g/mol. The summed E-state index contributed by atoms with van der Waals surface area (Å²) in [6.07, 6.45) is 5.74. The molecule has 1 aliphatic rings. The Bertz CT molecular complexity index is 782. The largest absolute Gasteiger partial charge is 1.00 e. The maximum atomic E-state index is 12.7. The molecule has 0 unspecified atom stereocenters. The summed E-state index contributed by atoms with van der Waals surface area (Å²) in [7, 11) is 1.30. The molecule has 8 heteroatoms. The van der Waals surface area contributed by atoms with Crippen molar-refractivity contribution in [3.05, 3.63) is 59.6 Å². The summed E-state index contributed by atoms with van der Waals surface area (Å²) in [4.78, 5) is 23.7. The molecule has 162 valence electrons. The molecule has 1 aliphatic carbocycles. The van der Waals surface area contributed by atoms with Crippen molar-refractivity contribution in [1.82, 2.24) is 0 Å². The molecule has 1 saturated carbocycles. The average Bonchev–Trinajstić information content (AvgIpc) is 2.76. The van der Waals surface area contributed by atoms with Crippen LogP contribution in [0.15, 0.2) is 54.6 Å². The summed E-state index contributed by atoms with van der Waals surface area (Å²) in [5.74, 6) is -0.692. The number of halogens is 1. The molecule has 0 spiro atoms. The molecular formula is C23H27ClNNaO5. The SMILES string of the molecule is COCC(=O)[O-].O=C(OCC1CCCCC1)N(c1ccccc1)c1ccc(Cl)cc1.[Na+]. The topological polar surface area (TPSA) is 78.9 Å². The van der Waals surface area contributed by atoms with Gasteiger partial charge < -0.3 is 19.4 Å². The number of ether oxygens (including phenoxy) is 2. The molecule has 0 atom stereocenters. The monoisotopic (exact) mass is 455 g/mol. The van der Waals surface area contributed by atoms with Gasteiger partial charge in [-0.05, 0) is 55.2 Å². The molecule has 31 heavy (non-hydrogen) atoms.